The Morgan fingerprint density at radius 2 is 2.41 bits per heavy atom. The van der Waals surface area contributed by atoms with Crippen molar-refractivity contribution in [2.45, 2.75) is 12.8 Å². The lowest BCUT2D eigenvalue weighted by molar-refractivity contribution is -0.389. The molecule has 3 N–H and O–H groups in total. The van der Waals surface area contributed by atoms with E-state index in [2.05, 4.69) is 10.3 Å². The third kappa shape index (κ3) is 2.37. The number of hydrogen-bond donors (Lipinski definition) is 2. The summed E-state index contributed by atoms with van der Waals surface area (Å²) in [7, 11) is 0. The van der Waals surface area contributed by atoms with Gasteiger partial charge in [-0.2, -0.15) is 9.38 Å². The molecule has 0 spiro atoms. The number of unbranched alkanes of at least 4 members (excludes halogenated alkanes) is 1. The number of thiazole rings is 1. The predicted octanol–water partition coefficient (Wildman–Crippen LogP) is 1.45. The van der Waals surface area contributed by atoms with Gasteiger partial charge in [0.15, 0.2) is 0 Å². The van der Waals surface area contributed by atoms with Gasteiger partial charge in [-0.25, -0.2) is 0 Å². The summed E-state index contributed by atoms with van der Waals surface area (Å²) >= 11 is 1.37. The van der Waals surface area contributed by atoms with Crippen molar-refractivity contribution in [3.63, 3.8) is 0 Å². The highest BCUT2D eigenvalue weighted by Gasteiger charge is 2.22. The Morgan fingerprint density at radius 1 is 1.59 bits per heavy atom. The van der Waals surface area contributed by atoms with Crippen LogP contribution in [-0.2, 0) is 0 Å². The van der Waals surface area contributed by atoms with Gasteiger partial charge in [-0.3, -0.25) is 0 Å². The van der Waals surface area contributed by atoms with Gasteiger partial charge in [-0.05, 0) is 24.3 Å². The van der Waals surface area contributed by atoms with E-state index in [1.807, 2.05) is 0 Å². The maximum absolute atomic E-state index is 11.0. The minimum absolute atomic E-state index is 0.00556. The van der Waals surface area contributed by atoms with Crippen LogP contribution < -0.4 is 11.1 Å². The van der Waals surface area contributed by atoms with E-state index in [1.165, 1.54) is 15.7 Å². The summed E-state index contributed by atoms with van der Waals surface area (Å²) in [4.78, 5) is 15.4. The number of anilines is 1. The molecule has 2 aromatic rings. The van der Waals surface area contributed by atoms with Gasteiger partial charge in [-0.15, -0.1) is 0 Å². The average molecular weight is 255 g/mol. The summed E-state index contributed by atoms with van der Waals surface area (Å²) < 4.78 is 1.48. The molecule has 8 heteroatoms. The number of rotatable bonds is 6. The molecule has 0 aliphatic heterocycles. The normalized spacial score (nSPS) is 10.9. The number of nitrogens with two attached hydrogens (primary N) is 1. The number of imidazole rings is 1. The molecule has 0 bridgehead atoms. The molecular formula is C9H13N5O2S. The number of nitrogens with zero attached hydrogens (tertiary/aromatic N) is 3. The second-order valence-corrected chi connectivity index (χ2v) is 4.39. The fourth-order valence-corrected chi connectivity index (χ4v) is 2.25. The fourth-order valence-electron chi connectivity index (χ4n) is 1.54. The first-order valence-corrected chi connectivity index (χ1v) is 6.16. The van der Waals surface area contributed by atoms with Gasteiger partial charge in [0.1, 0.15) is 6.20 Å². The second kappa shape index (κ2) is 5.11. The Kier molecular flexibility index (Phi) is 3.55. The van der Waals surface area contributed by atoms with E-state index >= 15 is 0 Å². The Bertz CT molecular complexity index is 520. The number of nitro groups is 1. The minimum Gasteiger partial charge on any atom is -0.363 e. The van der Waals surface area contributed by atoms with Crippen molar-refractivity contribution in [3.05, 3.63) is 21.7 Å². The smallest absolute Gasteiger partial charge is 0.363 e. The number of aromatic nitrogens is 2. The summed E-state index contributed by atoms with van der Waals surface area (Å²) in [6.45, 7) is 1.27. The number of fused-ring (bicyclic) bond motifs is 1. The Morgan fingerprint density at radius 3 is 3.12 bits per heavy atom. The van der Waals surface area contributed by atoms with Crippen molar-refractivity contribution >= 4 is 27.9 Å². The highest BCUT2D eigenvalue weighted by atomic mass is 32.1. The van der Waals surface area contributed by atoms with Crippen LogP contribution in [0.2, 0.25) is 0 Å². The van der Waals surface area contributed by atoms with Crippen molar-refractivity contribution in [3.8, 4) is 0 Å². The van der Waals surface area contributed by atoms with Crippen molar-refractivity contribution < 1.29 is 4.92 Å². The SMILES string of the molecule is NCCCCNc1nc2sccn2c1[N+](=O)[O-]. The van der Waals surface area contributed by atoms with Crippen LogP contribution in [0.15, 0.2) is 11.6 Å². The van der Waals surface area contributed by atoms with E-state index in [4.69, 9.17) is 5.73 Å². The summed E-state index contributed by atoms with van der Waals surface area (Å²) in [5.41, 5.74) is 5.38. The largest absolute Gasteiger partial charge is 0.372 e. The Labute approximate surface area is 101 Å². The van der Waals surface area contributed by atoms with Gasteiger partial charge in [-0.1, -0.05) is 11.3 Å². The minimum atomic E-state index is -0.419. The quantitative estimate of drug-likeness (QED) is 0.462. The van der Waals surface area contributed by atoms with Gasteiger partial charge in [0.25, 0.3) is 4.96 Å². The van der Waals surface area contributed by atoms with Crippen LogP contribution in [0, 0.1) is 10.1 Å². The molecule has 92 valence electrons. The van der Waals surface area contributed by atoms with E-state index < -0.39 is 4.92 Å². The highest BCUT2D eigenvalue weighted by molar-refractivity contribution is 7.15. The van der Waals surface area contributed by atoms with E-state index in [0.717, 1.165) is 12.8 Å². The van der Waals surface area contributed by atoms with Crippen LogP contribution in [0.4, 0.5) is 11.6 Å². The third-order valence-corrected chi connectivity index (χ3v) is 3.09. The van der Waals surface area contributed by atoms with Crippen LogP contribution in [0.3, 0.4) is 0 Å². The fraction of sp³-hybridized carbons (Fsp3) is 0.444. The van der Waals surface area contributed by atoms with Crippen molar-refractivity contribution in [2.24, 2.45) is 5.73 Å². The van der Waals surface area contributed by atoms with Crippen LogP contribution in [-0.4, -0.2) is 27.4 Å². The predicted molar refractivity (Wildman–Crippen MR) is 66.5 cm³/mol. The van der Waals surface area contributed by atoms with Crippen LogP contribution in [0.5, 0.6) is 0 Å². The van der Waals surface area contributed by atoms with Crippen molar-refractivity contribution in [2.75, 3.05) is 18.4 Å². The molecule has 7 nitrogen and oxygen atoms in total. The first-order chi connectivity index (χ1) is 8.24. The Balaban J connectivity index is 2.17. The van der Waals surface area contributed by atoms with E-state index in [0.29, 0.717) is 23.9 Å². The topological polar surface area (TPSA) is 98.5 Å². The molecule has 0 aliphatic rings. The summed E-state index contributed by atoms with van der Waals surface area (Å²) in [6.07, 6.45) is 3.41. The van der Waals surface area contributed by atoms with Crippen LogP contribution in [0.1, 0.15) is 12.8 Å². The van der Waals surface area contributed by atoms with Crippen LogP contribution >= 0.6 is 11.3 Å². The van der Waals surface area contributed by atoms with Gasteiger partial charge in [0.2, 0.25) is 5.82 Å². The molecule has 0 atom stereocenters. The second-order valence-electron chi connectivity index (χ2n) is 3.52. The summed E-state index contributed by atoms with van der Waals surface area (Å²) in [5, 5.41) is 15.7. The molecular weight excluding hydrogens is 242 g/mol. The molecule has 0 saturated carbocycles. The third-order valence-electron chi connectivity index (χ3n) is 2.33. The number of nitrogens with one attached hydrogen (secondary N) is 1. The standard InChI is InChI=1S/C9H13N5O2S/c10-3-1-2-4-11-7-8(14(15)16)13-5-6-17-9(13)12-7/h5-6,11H,1-4,10H2. The van der Waals surface area contributed by atoms with E-state index in [1.54, 1.807) is 11.6 Å². The molecule has 2 rings (SSSR count). The molecule has 0 saturated heterocycles. The zero-order valence-electron chi connectivity index (χ0n) is 9.13. The first-order valence-electron chi connectivity index (χ1n) is 5.28. The zero-order valence-corrected chi connectivity index (χ0v) is 9.94. The molecule has 0 aromatic carbocycles. The van der Waals surface area contributed by atoms with Gasteiger partial charge in [0, 0.05) is 11.9 Å². The lowest BCUT2D eigenvalue weighted by Gasteiger charge is -2.02. The van der Waals surface area contributed by atoms with Crippen molar-refractivity contribution in [1.82, 2.24) is 9.38 Å². The van der Waals surface area contributed by atoms with Gasteiger partial charge >= 0.3 is 5.82 Å². The molecule has 0 amide bonds. The first kappa shape index (κ1) is 11.8. The maximum Gasteiger partial charge on any atom is 0.372 e. The molecule has 2 heterocycles. The Hall–Kier alpha value is -1.67. The lowest BCUT2D eigenvalue weighted by atomic mass is 10.3. The van der Waals surface area contributed by atoms with Gasteiger partial charge < -0.3 is 21.2 Å². The van der Waals surface area contributed by atoms with E-state index in [9.17, 15) is 10.1 Å². The summed E-state index contributed by atoms with van der Waals surface area (Å²) in [6, 6.07) is 0. The molecule has 0 aliphatic carbocycles. The molecule has 17 heavy (non-hydrogen) atoms. The molecule has 2 aromatic heterocycles. The number of hydrogen-bond acceptors (Lipinski definition) is 6. The lowest BCUT2D eigenvalue weighted by Crippen LogP contribution is -2.07. The average Bonchev–Trinajstić information content (AvgIpc) is 2.83. The molecule has 0 radical (unpaired) electrons. The van der Waals surface area contributed by atoms with E-state index in [-0.39, 0.29) is 5.82 Å². The monoisotopic (exact) mass is 255 g/mol. The maximum atomic E-state index is 11.0. The molecule has 0 fully saturated rings. The van der Waals surface area contributed by atoms with Gasteiger partial charge in [0.05, 0.1) is 0 Å². The van der Waals surface area contributed by atoms with Crippen molar-refractivity contribution in [1.29, 1.82) is 0 Å². The molecule has 0 unspecified atom stereocenters. The highest BCUT2D eigenvalue weighted by Crippen LogP contribution is 2.27. The van der Waals surface area contributed by atoms with Crippen LogP contribution in [0.25, 0.3) is 4.96 Å². The zero-order chi connectivity index (χ0) is 12.3. The summed E-state index contributed by atoms with van der Waals surface area (Å²) in [5.74, 6) is 0.327.